The maximum Gasteiger partial charge on any atom is 0.337 e. The maximum absolute atomic E-state index is 11.8. The van der Waals surface area contributed by atoms with E-state index >= 15 is 0 Å². The molecule has 0 aliphatic rings. The van der Waals surface area contributed by atoms with Crippen LogP contribution in [0.15, 0.2) is 35.4 Å². The first-order valence-electron chi connectivity index (χ1n) is 7.05. The highest BCUT2D eigenvalue weighted by Gasteiger charge is 2.13. The first-order chi connectivity index (χ1) is 9.85. The molecule has 1 N–H and O–H groups in total. The van der Waals surface area contributed by atoms with Crippen LogP contribution < -0.4 is 0 Å². The minimum atomic E-state index is -0.383. The smallest absolute Gasteiger partial charge is 0.337 e. The third-order valence-corrected chi connectivity index (χ3v) is 3.15. The Bertz CT molecular complexity index is 531. The van der Waals surface area contributed by atoms with Crippen LogP contribution in [0.4, 0.5) is 0 Å². The summed E-state index contributed by atoms with van der Waals surface area (Å²) in [7, 11) is 1.36. The van der Waals surface area contributed by atoms with Gasteiger partial charge in [-0.05, 0) is 63.8 Å². The SMILES string of the molecule is COC(=O)c1cc(CC=C(C)C)c(O)c(CC=C(C)C)c1. The molecule has 0 fully saturated rings. The van der Waals surface area contributed by atoms with Gasteiger partial charge >= 0.3 is 5.97 Å². The number of phenolic OH excluding ortho intramolecular Hbond substituents is 1. The van der Waals surface area contributed by atoms with Gasteiger partial charge < -0.3 is 9.84 Å². The number of phenols is 1. The number of hydrogen-bond acceptors (Lipinski definition) is 3. The Labute approximate surface area is 127 Å². The van der Waals surface area contributed by atoms with Crippen LogP contribution in [0.5, 0.6) is 5.75 Å². The van der Waals surface area contributed by atoms with Crippen molar-refractivity contribution in [2.45, 2.75) is 40.5 Å². The van der Waals surface area contributed by atoms with Crippen molar-refractivity contribution in [3.63, 3.8) is 0 Å². The second kappa shape index (κ2) is 7.67. The fourth-order valence-corrected chi connectivity index (χ4v) is 1.94. The molecule has 1 rings (SSSR count). The second-order valence-electron chi connectivity index (χ2n) is 5.61. The summed E-state index contributed by atoms with van der Waals surface area (Å²) in [6.45, 7) is 8.02. The molecule has 0 unspecified atom stereocenters. The summed E-state index contributed by atoms with van der Waals surface area (Å²) in [6.07, 6.45) is 5.25. The Balaban J connectivity index is 3.28. The molecule has 0 aromatic heterocycles. The van der Waals surface area contributed by atoms with Gasteiger partial charge in [0.2, 0.25) is 0 Å². The van der Waals surface area contributed by atoms with E-state index in [1.807, 2.05) is 39.8 Å². The number of benzene rings is 1. The summed E-state index contributed by atoms with van der Waals surface area (Å²) in [5.74, 6) is -0.121. The molecule has 1 aromatic carbocycles. The van der Waals surface area contributed by atoms with Gasteiger partial charge in [0.1, 0.15) is 5.75 Å². The van der Waals surface area contributed by atoms with Gasteiger partial charge in [-0.25, -0.2) is 4.79 Å². The van der Waals surface area contributed by atoms with E-state index in [2.05, 4.69) is 0 Å². The van der Waals surface area contributed by atoms with E-state index in [0.717, 1.165) is 11.1 Å². The summed E-state index contributed by atoms with van der Waals surface area (Å²) < 4.78 is 4.79. The van der Waals surface area contributed by atoms with Crippen molar-refractivity contribution in [1.29, 1.82) is 0 Å². The molecule has 21 heavy (non-hydrogen) atoms. The third-order valence-electron chi connectivity index (χ3n) is 3.15. The van der Waals surface area contributed by atoms with Gasteiger partial charge in [0.05, 0.1) is 12.7 Å². The van der Waals surface area contributed by atoms with E-state index < -0.39 is 0 Å². The quantitative estimate of drug-likeness (QED) is 0.652. The van der Waals surface area contributed by atoms with Crippen LogP contribution in [-0.2, 0) is 17.6 Å². The van der Waals surface area contributed by atoms with Gasteiger partial charge in [-0.2, -0.15) is 0 Å². The molecule has 0 spiro atoms. The maximum atomic E-state index is 11.8. The first-order valence-corrected chi connectivity index (χ1v) is 7.05. The molecule has 0 heterocycles. The fraction of sp³-hybridized carbons (Fsp3) is 0.389. The lowest BCUT2D eigenvalue weighted by atomic mass is 9.98. The van der Waals surface area contributed by atoms with Crippen LogP contribution >= 0.6 is 0 Å². The van der Waals surface area contributed by atoms with E-state index in [1.54, 1.807) is 12.1 Å². The average Bonchev–Trinajstić information content (AvgIpc) is 2.43. The molecule has 0 aliphatic heterocycles. The van der Waals surface area contributed by atoms with Gasteiger partial charge in [-0.15, -0.1) is 0 Å². The number of ether oxygens (including phenoxy) is 1. The van der Waals surface area contributed by atoms with Gasteiger partial charge in [0.25, 0.3) is 0 Å². The Morgan fingerprint density at radius 2 is 1.48 bits per heavy atom. The largest absolute Gasteiger partial charge is 0.507 e. The van der Waals surface area contributed by atoms with Gasteiger partial charge in [0, 0.05) is 0 Å². The number of aromatic hydroxyl groups is 1. The van der Waals surface area contributed by atoms with Crippen LogP contribution in [0.1, 0.15) is 49.2 Å². The molecule has 0 bridgehead atoms. The predicted octanol–water partition coefficient (Wildman–Crippen LogP) is 4.20. The van der Waals surface area contributed by atoms with Crippen molar-refractivity contribution in [2.75, 3.05) is 7.11 Å². The molecule has 3 nitrogen and oxygen atoms in total. The minimum absolute atomic E-state index is 0.262. The van der Waals surface area contributed by atoms with Crippen molar-refractivity contribution in [1.82, 2.24) is 0 Å². The number of methoxy groups -OCH3 is 1. The van der Waals surface area contributed by atoms with Gasteiger partial charge in [0.15, 0.2) is 0 Å². The Morgan fingerprint density at radius 1 is 1.05 bits per heavy atom. The van der Waals surface area contributed by atoms with Gasteiger partial charge in [-0.1, -0.05) is 23.3 Å². The van der Waals surface area contributed by atoms with Crippen LogP contribution in [0, 0.1) is 0 Å². The molecule has 0 radical (unpaired) electrons. The first kappa shape index (κ1) is 17.0. The van der Waals surface area contributed by atoms with Crippen molar-refractivity contribution in [3.05, 3.63) is 52.1 Å². The highest BCUT2D eigenvalue weighted by atomic mass is 16.5. The Hall–Kier alpha value is -2.03. The average molecular weight is 288 g/mol. The van der Waals surface area contributed by atoms with Crippen LogP contribution in [0.25, 0.3) is 0 Å². The highest BCUT2D eigenvalue weighted by Crippen LogP contribution is 2.27. The zero-order valence-corrected chi connectivity index (χ0v) is 13.5. The Kier molecular flexibility index (Phi) is 6.22. The second-order valence-corrected chi connectivity index (χ2v) is 5.61. The Morgan fingerprint density at radius 3 is 1.81 bits per heavy atom. The normalized spacial score (nSPS) is 9.95. The number of esters is 1. The summed E-state index contributed by atoms with van der Waals surface area (Å²) in [5.41, 5.74) is 4.31. The molecular formula is C18H24O3. The van der Waals surface area contributed by atoms with Gasteiger partial charge in [-0.3, -0.25) is 0 Å². The van der Waals surface area contributed by atoms with Crippen molar-refractivity contribution in [2.24, 2.45) is 0 Å². The molecule has 0 amide bonds. The third kappa shape index (κ3) is 5.10. The number of allylic oxidation sites excluding steroid dienone is 4. The molecule has 0 saturated carbocycles. The summed E-state index contributed by atoms with van der Waals surface area (Å²) in [5, 5.41) is 10.4. The topological polar surface area (TPSA) is 46.5 Å². The highest BCUT2D eigenvalue weighted by molar-refractivity contribution is 5.90. The summed E-state index contributed by atoms with van der Waals surface area (Å²) in [4.78, 5) is 11.8. The van der Waals surface area contributed by atoms with Crippen molar-refractivity contribution >= 4 is 5.97 Å². The monoisotopic (exact) mass is 288 g/mol. The lowest BCUT2D eigenvalue weighted by Gasteiger charge is -2.11. The molecular weight excluding hydrogens is 264 g/mol. The molecule has 1 aromatic rings. The van der Waals surface area contributed by atoms with E-state index in [1.165, 1.54) is 18.3 Å². The number of carbonyl (C=O) groups is 1. The zero-order valence-electron chi connectivity index (χ0n) is 13.5. The number of carbonyl (C=O) groups excluding carboxylic acids is 1. The van der Waals surface area contributed by atoms with E-state index in [4.69, 9.17) is 4.74 Å². The predicted molar refractivity (Wildman–Crippen MR) is 85.7 cm³/mol. The van der Waals surface area contributed by atoms with E-state index in [0.29, 0.717) is 18.4 Å². The number of rotatable bonds is 5. The van der Waals surface area contributed by atoms with Crippen molar-refractivity contribution < 1.29 is 14.6 Å². The summed E-state index contributed by atoms with van der Waals surface area (Å²) >= 11 is 0. The standard InChI is InChI=1S/C18H24O3/c1-12(2)6-8-14-10-16(18(20)21-5)11-15(17(14)19)9-7-13(3)4/h6-7,10-11,19H,8-9H2,1-5H3. The lowest BCUT2D eigenvalue weighted by molar-refractivity contribution is 0.0600. The molecule has 3 heteroatoms. The molecule has 0 saturated heterocycles. The van der Waals surface area contributed by atoms with Crippen LogP contribution in [0.2, 0.25) is 0 Å². The van der Waals surface area contributed by atoms with E-state index in [9.17, 15) is 9.90 Å². The molecule has 0 atom stereocenters. The van der Waals surface area contributed by atoms with E-state index in [-0.39, 0.29) is 11.7 Å². The summed E-state index contributed by atoms with van der Waals surface area (Å²) in [6, 6.07) is 3.40. The minimum Gasteiger partial charge on any atom is -0.507 e. The van der Waals surface area contributed by atoms with Crippen molar-refractivity contribution in [3.8, 4) is 5.75 Å². The zero-order chi connectivity index (χ0) is 16.0. The lowest BCUT2D eigenvalue weighted by Crippen LogP contribution is -2.04. The number of hydrogen-bond donors (Lipinski definition) is 1. The fourth-order valence-electron chi connectivity index (χ4n) is 1.94. The van der Waals surface area contributed by atoms with Crippen LogP contribution in [-0.4, -0.2) is 18.2 Å². The molecule has 0 aliphatic carbocycles. The molecule has 114 valence electrons. The van der Waals surface area contributed by atoms with Crippen LogP contribution in [0.3, 0.4) is 0 Å².